The van der Waals surface area contributed by atoms with Crippen LogP contribution in [0.5, 0.6) is 0 Å². The molecule has 50 valence electrons. The van der Waals surface area contributed by atoms with E-state index in [-0.39, 0.29) is 5.90 Å². The van der Waals surface area contributed by atoms with Gasteiger partial charge in [-0.2, -0.15) is 0 Å². The molecule has 9 heavy (non-hydrogen) atoms. The molecule has 0 saturated carbocycles. The second kappa shape index (κ2) is 3.65. The van der Waals surface area contributed by atoms with Gasteiger partial charge < -0.3 is 9.84 Å². The molecule has 0 rings (SSSR count). The van der Waals surface area contributed by atoms with Crippen LogP contribution in [-0.4, -0.2) is 24.1 Å². The monoisotopic (exact) mass is 129 g/mol. The molecule has 0 radical (unpaired) electrons. The van der Waals surface area contributed by atoms with E-state index in [9.17, 15) is 4.79 Å². The molecule has 0 aliphatic carbocycles. The molecule has 4 nitrogen and oxygen atoms in total. The third-order valence-electron chi connectivity index (χ3n) is 0.597. The van der Waals surface area contributed by atoms with Crippen molar-refractivity contribution in [1.29, 1.82) is 5.41 Å². The zero-order valence-corrected chi connectivity index (χ0v) is 4.92. The Labute approximate surface area is 52.3 Å². The van der Waals surface area contributed by atoms with Crippen molar-refractivity contribution in [3.05, 3.63) is 12.2 Å². The molecule has 0 fully saturated rings. The third kappa shape index (κ3) is 4.53. The SMILES string of the molecule is COC(=N)/C=C\C(=O)O. The number of aliphatic carboxylic acids is 1. The van der Waals surface area contributed by atoms with Crippen LogP contribution in [0, 0.1) is 5.41 Å². The summed E-state index contributed by atoms with van der Waals surface area (Å²) in [6.45, 7) is 0. The van der Waals surface area contributed by atoms with Crippen LogP contribution in [0.15, 0.2) is 12.2 Å². The van der Waals surface area contributed by atoms with Gasteiger partial charge in [-0.3, -0.25) is 5.41 Å². The van der Waals surface area contributed by atoms with Crippen LogP contribution < -0.4 is 0 Å². The van der Waals surface area contributed by atoms with Gasteiger partial charge in [0, 0.05) is 12.2 Å². The van der Waals surface area contributed by atoms with Gasteiger partial charge in [0.1, 0.15) is 0 Å². The van der Waals surface area contributed by atoms with E-state index in [1.165, 1.54) is 7.11 Å². The van der Waals surface area contributed by atoms with Crippen LogP contribution in [0.2, 0.25) is 0 Å². The highest BCUT2D eigenvalue weighted by Crippen LogP contribution is 1.77. The third-order valence-corrected chi connectivity index (χ3v) is 0.597. The first kappa shape index (κ1) is 7.68. The second-order valence-corrected chi connectivity index (χ2v) is 1.24. The quantitative estimate of drug-likeness (QED) is 0.319. The number of carboxylic acids is 1. The average molecular weight is 129 g/mol. The van der Waals surface area contributed by atoms with E-state index >= 15 is 0 Å². The van der Waals surface area contributed by atoms with Crippen molar-refractivity contribution in [2.75, 3.05) is 7.11 Å². The van der Waals surface area contributed by atoms with E-state index in [2.05, 4.69) is 4.74 Å². The molecule has 0 aromatic carbocycles. The Morgan fingerprint density at radius 2 is 2.22 bits per heavy atom. The molecule has 2 N–H and O–H groups in total. The number of rotatable bonds is 2. The van der Waals surface area contributed by atoms with E-state index in [1.807, 2.05) is 0 Å². The van der Waals surface area contributed by atoms with Crippen molar-refractivity contribution in [2.24, 2.45) is 0 Å². The van der Waals surface area contributed by atoms with Gasteiger partial charge in [-0.1, -0.05) is 0 Å². The van der Waals surface area contributed by atoms with Crippen molar-refractivity contribution in [3.8, 4) is 0 Å². The lowest BCUT2D eigenvalue weighted by atomic mass is 10.5. The number of hydrogen-bond donors (Lipinski definition) is 2. The summed E-state index contributed by atoms with van der Waals surface area (Å²) < 4.78 is 4.33. The molecule has 0 unspecified atom stereocenters. The largest absolute Gasteiger partial charge is 0.481 e. The van der Waals surface area contributed by atoms with Crippen LogP contribution in [0.25, 0.3) is 0 Å². The summed E-state index contributed by atoms with van der Waals surface area (Å²) in [5.74, 6) is -1.26. The van der Waals surface area contributed by atoms with Crippen molar-refractivity contribution >= 4 is 11.9 Å². The Kier molecular flexibility index (Phi) is 3.12. The van der Waals surface area contributed by atoms with E-state index in [1.54, 1.807) is 0 Å². The molecule has 0 aromatic rings. The molecule has 4 heteroatoms. The Morgan fingerprint density at radius 1 is 1.67 bits per heavy atom. The van der Waals surface area contributed by atoms with Gasteiger partial charge in [-0.15, -0.1) is 0 Å². The molecule has 0 saturated heterocycles. The molecule has 0 spiro atoms. The Balaban J connectivity index is 3.71. The summed E-state index contributed by atoms with van der Waals surface area (Å²) >= 11 is 0. The summed E-state index contributed by atoms with van der Waals surface area (Å²) in [6, 6.07) is 0. The van der Waals surface area contributed by atoms with Gasteiger partial charge in [-0.25, -0.2) is 4.79 Å². The first-order chi connectivity index (χ1) is 4.16. The topological polar surface area (TPSA) is 70.4 Å². The van der Waals surface area contributed by atoms with Gasteiger partial charge in [0.25, 0.3) is 0 Å². The molecule has 0 aliphatic heterocycles. The fraction of sp³-hybridized carbons (Fsp3) is 0.200. The summed E-state index contributed by atoms with van der Waals surface area (Å²) in [4.78, 5) is 9.78. The fourth-order valence-corrected chi connectivity index (χ4v) is 0.215. The summed E-state index contributed by atoms with van der Waals surface area (Å²) in [5.41, 5.74) is 0. The number of carboxylic acid groups (broad SMARTS) is 1. The Morgan fingerprint density at radius 3 is 2.56 bits per heavy atom. The van der Waals surface area contributed by atoms with E-state index in [0.717, 1.165) is 12.2 Å². The highest BCUT2D eigenvalue weighted by molar-refractivity contribution is 5.92. The minimum absolute atomic E-state index is 0.169. The predicted molar refractivity (Wildman–Crippen MR) is 31.5 cm³/mol. The van der Waals surface area contributed by atoms with Gasteiger partial charge in [0.2, 0.25) is 5.90 Å². The number of ether oxygens (including phenoxy) is 1. The van der Waals surface area contributed by atoms with Crippen LogP contribution in [0.4, 0.5) is 0 Å². The van der Waals surface area contributed by atoms with E-state index < -0.39 is 5.97 Å². The van der Waals surface area contributed by atoms with Crippen LogP contribution in [-0.2, 0) is 9.53 Å². The normalized spacial score (nSPS) is 9.44. The van der Waals surface area contributed by atoms with Crippen LogP contribution >= 0.6 is 0 Å². The van der Waals surface area contributed by atoms with Crippen molar-refractivity contribution in [2.45, 2.75) is 0 Å². The minimum atomic E-state index is -1.09. The summed E-state index contributed by atoms with van der Waals surface area (Å²) in [7, 11) is 1.30. The van der Waals surface area contributed by atoms with Gasteiger partial charge >= 0.3 is 5.97 Å². The summed E-state index contributed by atoms with van der Waals surface area (Å²) in [5, 5.41) is 14.8. The van der Waals surface area contributed by atoms with Gasteiger partial charge in [0.05, 0.1) is 7.11 Å². The number of hydrogen-bond acceptors (Lipinski definition) is 3. The van der Waals surface area contributed by atoms with Crippen molar-refractivity contribution in [1.82, 2.24) is 0 Å². The second-order valence-electron chi connectivity index (χ2n) is 1.24. The minimum Gasteiger partial charge on any atom is -0.481 e. The lowest BCUT2D eigenvalue weighted by Crippen LogP contribution is -1.95. The molecular formula is C5H7NO3. The molecule has 0 bridgehead atoms. The molecule has 0 aliphatic rings. The fourth-order valence-electron chi connectivity index (χ4n) is 0.215. The van der Waals surface area contributed by atoms with Crippen molar-refractivity contribution < 1.29 is 14.6 Å². The standard InChI is InChI=1S/C5H7NO3/c1-9-4(6)2-3-5(7)8/h2-3,6H,1H3,(H,7,8)/b3-2-,6-4?. The zero-order valence-electron chi connectivity index (χ0n) is 4.92. The zero-order chi connectivity index (χ0) is 7.28. The van der Waals surface area contributed by atoms with Gasteiger partial charge in [-0.05, 0) is 0 Å². The highest BCUT2D eigenvalue weighted by atomic mass is 16.5. The first-order valence-corrected chi connectivity index (χ1v) is 2.20. The molecule has 0 heterocycles. The van der Waals surface area contributed by atoms with E-state index in [4.69, 9.17) is 10.5 Å². The predicted octanol–water partition coefficient (Wildman–Crippen LogP) is 0.251. The highest BCUT2D eigenvalue weighted by Gasteiger charge is 1.87. The smallest absolute Gasteiger partial charge is 0.328 e. The number of carbonyl (C=O) groups is 1. The molecule has 0 atom stereocenters. The lowest BCUT2D eigenvalue weighted by molar-refractivity contribution is -0.131. The van der Waals surface area contributed by atoms with Crippen molar-refractivity contribution in [3.63, 3.8) is 0 Å². The molecule has 0 amide bonds. The maximum absolute atomic E-state index is 9.78. The Hall–Kier alpha value is -1.32. The number of methoxy groups -OCH3 is 1. The molecule has 0 aromatic heterocycles. The maximum atomic E-state index is 9.78. The summed E-state index contributed by atoms with van der Waals surface area (Å²) in [6.07, 6.45) is 1.90. The maximum Gasteiger partial charge on any atom is 0.328 e. The lowest BCUT2D eigenvalue weighted by Gasteiger charge is -1.89. The molecular weight excluding hydrogens is 122 g/mol. The first-order valence-electron chi connectivity index (χ1n) is 2.20. The van der Waals surface area contributed by atoms with Crippen LogP contribution in [0.1, 0.15) is 0 Å². The van der Waals surface area contributed by atoms with Gasteiger partial charge in [0.15, 0.2) is 0 Å². The number of nitrogens with one attached hydrogen (secondary N) is 1. The average Bonchev–Trinajstić information content (AvgIpc) is 1.83. The van der Waals surface area contributed by atoms with Crippen LogP contribution in [0.3, 0.4) is 0 Å². The Bertz CT molecular complexity index is 150. The van der Waals surface area contributed by atoms with E-state index in [0.29, 0.717) is 0 Å².